The van der Waals surface area contributed by atoms with Crippen molar-refractivity contribution in [1.82, 2.24) is 18.8 Å². The van der Waals surface area contributed by atoms with E-state index in [4.69, 9.17) is 9.97 Å². The summed E-state index contributed by atoms with van der Waals surface area (Å²) in [6, 6.07) is 42.0. The number of para-hydroxylation sites is 2. The maximum absolute atomic E-state index is 5.21. The Balaban J connectivity index is 1.61. The molecule has 224 valence electrons. The molecule has 0 saturated heterocycles. The molecule has 0 aliphatic heterocycles. The van der Waals surface area contributed by atoms with Crippen LogP contribution in [0.25, 0.3) is 86.0 Å². The van der Waals surface area contributed by atoms with Gasteiger partial charge < -0.3 is 13.7 Å². The summed E-state index contributed by atoms with van der Waals surface area (Å²) in [4.78, 5) is 12.4. The van der Waals surface area contributed by atoms with Crippen molar-refractivity contribution in [3.63, 3.8) is 0 Å². The number of rotatable bonds is 1. The van der Waals surface area contributed by atoms with E-state index in [1.165, 1.54) is 48.5 Å². The first kappa shape index (κ1) is 26.5. The molecule has 0 atom stereocenters. The molecule has 0 N–H and O–H groups in total. The van der Waals surface area contributed by atoms with Crippen molar-refractivity contribution in [2.45, 2.75) is 6.92 Å². The molecule has 5 aromatic heterocycles. The van der Waals surface area contributed by atoms with E-state index in [0.29, 0.717) is 0 Å². The van der Waals surface area contributed by atoms with Gasteiger partial charge in [0.15, 0.2) is 5.65 Å². The summed E-state index contributed by atoms with van der Waals surface area (Å²) in [5.41, 5.74) is 11.0. The number of thiophene rings is 1. The van der Waals surface area contributed by atoms with E-state index >= 15 is 0 Å². The number of benzene rings is 5. The number of aromatic nitrogens is 4. The summed E-state index contributed by atoms with van der Waals surface area (Å²) in [5, 5.41) is 6.95. The summed E-state index contributed by atoms with van der Waals surface area (Å²) in [5.74, 6) is 0. The van der Waals surface area contributed by atoms with Crippen LogP contribution in [0.5, 0.6) is 0 Å². The molecule has 0 saturated carbocycles. The van der Waals surface area contributed by atoms with E-state index in [1.54, 1.807) is 11.3 Å². The van der Waals surface area contributed by atoms with Crippen molar-refractivity contribution < 1.29 is 0 Å². The Morgan fingerprint density at radius 1 is 0.596 bits per heavy atom. The van der Waals surface area contributed by atoms with Crippen molar-refractivity contribution in [3.05, 3.63) is 127 Å². The standard InChI is InChI=1S/C41H29N5S/c1-24-30-14-4-6-16-33(30)45-28-12-8-10-25(20-28)26-18-19-35-32(22-26)37-36(47-35)23-42-41(43-37)27-11-9-13-29(21-27)46-34-17-7-5-15-31(34)39(44(2)3)40(46)38(24)45/h4-23H,1-3H3. The zero-order valence-electron chi connectivity index (χ0n) is 26.2. The predicted molar refractivity (Wildman–Crippen MR) is 201 cm³/mol. The number of aryl methyl sites for hydroxylation is 1. The van der Waals surface area contributed by atoms with Crippen molar-refractivity contribution in [1.29, 1.82) is 0 Å². The molecule has 5 aromatic carbocycles. The second-order valence-electron chi connectivity index (χ2n) is 12.6. The fourth-order valence-electron chi connectivity index (χ4n) is 7.60. The molecule has 0 aliphatic carbocycles. The normalized spacial score (nSPS) is 12.1. The van der Waals surface area contributed by atoms with Gasteiger partial charge in [-0.3, -0.25) is 0 Å². The predicted octanol–water partition coefficient (Wildman–Crippen LogP) is 10.6. The Bertz CT molecular complexity index is 3020. The van der Waals surface area contributed by atoms with E-state index in [2.05, 4.69) is 150 Å². The molecular formula is C41H29N5S. The maximum atomic E-state index is 5.21. The van der Waals surface area contributed by atoms with Gasteiger partial charge in [0.05, 0.1) is 38.0 Å². The zero-order chi connectivity index (χ0) is 31.4. The van der Waals surface area contributed by atoms with Crippen LogP contribution in [0.1, 0.15) is 5.56 Å². The molecular weight excluding hydrogens is 595 g/mol. The summed E-state index contributed by atoms with van der Waals surface area (Å²) in [7, 11) is 4.30. The highest BCUT2D eigenvalue weighted by molar-refractivity contribution is 7.25. The molecule has 5 heterocycles. The van der Waals surface area contributed by atoms with Gasteiger partial charge in [0.1, 0.15) is 0 Å². The summed E-state index contributed by atoms with van der Waals surface area (Å²) in [6.45, 7) is 2.27. The Labute approximate surface area is 273 Å². The monoisotopic (exact) mass is 623 g/mol. The molecule has 10 aromatic rings. The van der Waals surface area contributed by atoms with Crippen LogP contribution >= 0.6 is 11.3 Å². The fourth-order valence-corrected chi connectivity index (χ4v) is 8.60. The molecule has 0 spiro atoms. The maximum Gasteiger partial charge on any atom is 0.159 e. The van der Waals surface area contributed by atoms with E-state index < -0.39 is 0 Å². The highest BCUT2D eigenvalue weighted by Crippen LogP contribution is 2.40. The van der Waals surface area contributed by atoms with Gasteiger partial charge in [-0.2, -0.15) is 0 Å². The lowest BCUT2D eigenvalue weighted by molar-refractivity contribution is 1.15. The minimum Gasteiger partial charge on any atom is -0.375 e. The van der Waals surface area contributed by atoms with Gasteiger partial charge in [0.2, 0.25) is 0 Å². The van der Waals surface area contributed by atoms with Crippen molar-refractivity contribution >= 4 is 103 Å². The van der Waals surface area contributed by atoms with Crippen molar-refractivity contribution in [3.8, 4) is 0 Å². The van der Waals surface area contributed by atoms with Gasteiger partial charge in [-0.05, 0) is 71.8 Å². The molecule has 10 rings (SSSR count). The first-order chi connectivity index (χ1) is 23.0. The van der Waals surface area contributed by atoms with Crippen LogP contribution in [0.2, 0.25) is 0 Å². The van der Waals surface area contributed by atoms with Gasteiger partial charge in [-0.25, -0.2) is 9.97 Å². The fraction of sp³-hybridized carbons (Fsp3) is 0.0732. The lowest BCUT2D eigenvalue weighted by atomic mass is 10.1. The van der Waals surface area contributed by atoms with Crippen LogP contribution in [0.4, 0.5) is 5.69 Å². The number of fused-ring (bicyclic) bond motifs is 17. The second-order valence-corrected chi connectivity index (χ2v) is 13.7. The molecule has 0 amide bonds. The van der Waals surface area contributed by atoms with Crippen molar-refractivity contribution in [2.24, 2.45) is 0 Å². The molecule has 6 heteroatoms. The SMILES string of the molecule is Cc1c2ccccc2n2c3cccc(c3)c3ccc4sc5cnc(nc5c4c3)c3cccc(c3)n3c4ccccc4c(N(C)C)c3c12. The highest BCUT2D eigenvalue weighted by atomic mass is 32.1. The lowest BCUT2D eigenvalue weighted by Crippen LogP contribution is -2.08. The first-order valence-electron chi connectivity index (χ1n) is 15.9. The minimum atomic E-state index is 0.731. The van der Waals surface area contributed by atoms with E-state index in [-0.39, 0.29) is 0 Å². The third-order valence-electron chi connectivity index (χ3n) is 9.66. The molecule has 5 nitrogen and oxygen atoms in total. The van der Waals surface area contributed by atoms with Crippen molar-refractivity contribution in [2.75, 3.05) is 19.0 Å². The third-order valence-corrected chi connectivity index (χ3v) is 10.8. The van der Waals surface area contributed by atoms with E-state index in [9.17, 15) is 0 Å². The summed E-state index contributed by atoms with van der Waals surface area (Å²) < 4.78 is 7.22. The average molecular weight is 624 g/mol. The van der Waals surface area contributed by atoms with E-state index in [0.717, 1.165) is 48.7 Å². The minimum absolute atomic E-state index is 0.731. The van der Waals surface area contributed by atoms with E-state index in [1.807, 2.05) is 6.20 Å². The van der Waals surface area contributed by atoms with Crippen LogP contribution < -0.4 is 4.90 Å². The van der Waals surface area contributed by atoms with Gasteiger partial charge >= 0.3 is 0 Å². The number of anilines is 1. The Morgan fingerprint density at radius 2 is 1.26 bits per heavy atom. The quantitative estimate of drug-likeness (QED) is 0.183. The Hall–Kier alpha value is -5.72. The lowest BCUT2D eigenvalue weighted by Gasteiger charge is -2.13. The molecule has 0 unspecified atom stereocenters. The summed E-state index contributed by atoms with van der Waals surface area (Å²) in [6.07, 6.45) is 1.99. The van der Waals surface area contributed by atoms with Gasteiger partial charge in [0.25, 0.3) is 0 Å². The van der Waals surface area contributed by atoms with Crippen LogP contribution in [-0.2, 0) is 0 Å². The van der Waals surface area contributed by atoms with Gasteiger partial charge in [0, 0.05) is 57.6 Å². The molecule has 47 heavy (non-hydrogen) atoms. The second kappa shape index (κ2) is 9.64. The highest BCUT2D eigenvalue weighted by Gasteiger charge is 2.20. The Morgan fingerprint density at radius 3 is 2.04 bits per heavy atom. The Kier molecular flexibility index (Phi) is 5.44. The van der Waals surface area contributed by atoms with Crippen LogP contribution in [0.15, 0.2) is 121 Å². The zero-order valence-corrected chi connectivity index (χ0v) is 27.0. The van der Waals surface area contributed by atoms with Gasteiger partial charge in [-0.1, -0.05) is 66.7 Å². The number of hydrogen-bond donors (Lipinski definition) is 0. The van der Waals surface area contributed by atoms with Crippen LogP contribution in [0, 0.1) is 6.92 Å². The van der Waals surface area contributed by atoms with Gasteiger partial charge in [-0.15, -0.1) is 11.3 Å². The molecule has 0 aliphatic rings. The molecule has 0 radical (unpaired) electrons. The summed E-state index contributed by atoms with van der Waals surface area (Å²) >= 11 is 1.75. The number of hydrogen-bond acceptors (Lipinski definition) is 4. The van der Waals surface area contributed by atoms with Crippen LogP contribution in [-0.4, -0.2) is 32.9 Å². The molecule has 8 bridgehead atoms. The first-order valence-corrected chi connectivity index (χ1v) is 16.7. The average Bonchev–Trinajstić information content (AvgIpc) is 3.74. The topological polar surface area (TPSA) is 37.8 Å². The number of nitrogens with zero attached hydrogens (tertiary/aromatic N) is 5. The molecule has 0 fully saturated rings. The third kappa shape index (κ3) is 3.70. The largest absolute Gasteiger partial charge is 0.375 e. The smallest absolute Gasteiger partial charge is 0.159 e. The van der Waals surface area contributed by atoms with Crippen LogP contribution in [0.3, 0.4) is 0 Å².